The summed E-state index contributed by atoms with van der Waals surface area (Å²) in [7, 11) is 0. The molecule has 0 saturated heterocycles. The molecule has 12 heavy (non-hydrogen) atoms. The Balaban J connectivity index is 2.34. The maximum Gasteiger partial charge on any atom is 0.162 e. The van der Waals surface area contributed by atoms with Crippen LogP contribution in [0.5, 0.6) is 0 Å². The summed E-state index contributed by atoms with van der Waals surface area (Å²) in [4.78, 5) is 0. The van der Waals surface area contributed by atoms with Gasteiger partial charge in [-0.2, -0.15) is 0 Å². The summed E-state index contributed by atoms with van der Waals surface area (Å²) in [5, 5.41) is 0. The SMILES string of the molecule is IC1=CC2=C(C=CC1)OCCO2. The van der Waals surface area contributed by atoms with Gasteiger partial charge in [-0.25, -0.2) is 0 Å². The smallest absolute Gasteiger partial charge is 0.162 e. The Kier molecular flexibility index (Phi) is 2.39. The summed E-state index contributed by atoms with van der Waals surface area (Å²) in [6.07, 6.45) is 7.08. The molecular formula is C9H9IO2. The third kappa shape index (κ3) is 1.65. The zero-order valence-corrected chi connectivity index (χ0v) is 8.71. The minimum atomic E-state index is 0.660. The molecular weight excluding hydrogens is 267 g/mol. The number of ether oxygens (including phenoxy) is 2. The van der Waals surface area contributed by atoms with Crippen molar-refractivity contribution < 1.29 is 9.47 Å². The number of rotatable bonds is 0. The summed E-state index contributed by atoms with van der Waals surface area (Å²) in [5.41, 5.74) is 0. The van der Waals surface area contributed by atoms with Crippen molar-refractivity contribution in [2.45, 2.75) is 6.42 Å². The second kappa shape index (κ2) is 3.51. The topological polar surface area (TPSA) is 18.5 Å². The summed E-state index contributed by atoms with van der Waals surface area (Å²) in [6.45, 7) is 1.32. The lowest BCUT2D eigenvalue weighted by atomic mass is 10.3. The van der Waals surface area contributed by atoms with Crippen molar-refractivity contribution in [2.24, 2.45) is 0 Å². The molecule has 64 valence electrons. The fourth-order valence-electron chi connectivity index (χ4n) is 1.17. The van der Waals surface area contributed by atoms with E-state index >= 15 is 0 Å². The fourth-order valence-corrected chi connectivity index (χ4v) is 1.71. The van der Waals surface area contributed by atoms with Gasteiger partial charge >= 0.3 is 0 Å². The molecule has 0 N–H and O–H groups in total. The Morgan fingerprint density at radius 2 is 1.92 bits per heavy atom. The molecule has 0 radical (unpaired) electrons. The average molecular weight is 276 g/mol. The number of allylic oxidation sites excluding steroid dienone is 4. The second-order valence-corrected chi connectivity index (χ2v) is 4.01. The van der Waals surface area contributed by atoms with Gasteiger partial charge in [-0.15, -0.1) is 0 Å². The van der Waals surface area contributed by atoms with Gasteiger partial charge in [0.1, 0.15) is 13.2 Å². The maximum absolute atomic E-state index is 5.45. The highest BCUT2D eigenvalue weighted by Crippen LogP contribution is 2.25. The van der Waals surface area contributed by atoms with Crippen LogP contribution >= 0.6 is 22.6 Å². The van der Waals surface area contributed by atoms with Crippen LogP contribution in [0.1, 0.15) is 6.42 Å². The van der Waals surface area contributed by atoms with Crippen LogP contribution in [0, 0.1) is 0 Å². The number of hydrogen-bond donors (Lipinski definition) is 0. The molecule has 0 atom stereocenters. The summed E-state index contributed by atoms with van der Waals surface area (Å²) < 4.78 is 12.2. The molecule has 1 heterocycles. The predicted octanol–water partition coefficient (Wildman–Crippen LogP) is 2.52. The summed E-state index contributed by atoms with van der Waals surface area (Å²) in [6, 6.07) is 0. The first-order valence-corrected chi connectivity index (χ1v) is 4.96. The van der Waals surface area contributed by atoms with Crippen molar-refractivity contribution in [1.82, 2.24) is 0 Å². The highest BCUT2D eigenvalue weighted by atomic mass is 127. The van der Waals surface area contributed by atoms with Crippen LogP contribution in [0.25, 0.3) is 0 Å². The van der Waals surface area contributed by atoms with Gasteiger partial charge in [-0.05, 0) is 44.7 Å². The lowest BCUT2D eigenvalue weighted by Gasteiger charge is -2.17. The van der Waals surface area contributed by atoms with Crippen molar-refractivity contribution >= 4 is 22.6 Å². The molecule has 0 fully saturated rings. The number of halogens is 1. The molecule has 0 aromatic carbocycles. The highest BCUT2D eigenvalue weighted by Gasteiger charge is 2.13. The molecule has 1 aliphatic heterocycles. The van der Waals surface area contributed by atoms with Gasteiger partial charge in [0.05, 0.1) is 0 Å². The lowest BCUT2D eigenvalue weighted by Crippen LogP contribution is -2.11. The van der Waals surface area contributed by atoms with Crippen molar-refractivity contribution in [2.75, 3.05) is 13.2 Å². The Labute approximate surface area is 85.1 Å². The van der Waals surface area contributed by atoms with Crippen molar-refractivity contribution in [1.29, 1.82) is 0 Å². The van der Waals surface area contributed by atoms with E-state index in [4.69, 9.17) is 9.47 Å². The van der Waals surface area contributed by atoms with Crippen molar-refractivity contribution in [3.8, 4) is 0 Å². The second-order valence-electron chi connectivity index (χ2n) is 2.62. The molecule has 0 aromatic heterocycles. The third-order valence-electron chi connectivity index (χ3n) is 1.71. The van der Waals surface area contributed by atoms with Crippen LogP contribution in [-0.2, 0) is 9.47 Å². The van der Waals surface area contributed by atoms with E-state index in [9.17, 15) is 0 Å². The van der Waals surface area contributed by atoms with Gasteiger partial charge in [0, 0.05) is 0 Å². The Bertz CT molecular complexity index is 276. The minimum Gasteiger partial charge on any atom is -0.486 e. The summed E-state index contributed by atoms with van der Waals surface area (Å²) in [5.74, 6) is 1.74. The zero-order valence-electron chi connectivity index (χ0n) is 6.55. The third-order valence-corrected chi connectivity index (χ3v) is 2.46. The van der Waals surface area contributed by atoms with Gasteiger partial charge in [0.2, 0.25) is 0 Å². The van der Waals surface area contributed by atoms with Crippen LogP contribution in [0.3, 0.4) is 0 Å². The van der Waals surface area contributed by atoms with E-state index in [1.807, 2.05) is 12.2 Å². The van der Waals surface area contributed by atoms with Gasteiger partial charge < -0.3 is 9.47 Å². The predicted molar refractivity (Wildman–Crippen MR) is 54.8 cm³/mol. The first kappa shape index (κ1) is 8.16. The molecule has 2 aliphatic rings. The van der Waals surface area contributed by atoms with Gasteiger partial charge in [-0.1, -0.05) is 6.08 Å². The Hall–Kier alpha value is -0.450. The molecule has 0 bridgehead atoms. The van der Waals surface area contributed by atoms with Gasteiger partial charge in [0.25, 0.3) is 0 Å². The minimum absolute atomic E-state index is 0.660. The lowest BCUT2D eigenvalue weighted by molar-refractivity contribution is 0.0770. The molecule has 0 aromatic rings. The van der Waals surface area contributed by atoms with Gasteiger partial charge in [-0.3, -0.25) is 0 Å². The van der Waals surface area contributed by atoms with Crippen LogP contribution in [0.4, 0.5) is 0 Å². The average Bonchev–Trinajstić information content (AvgIpc) is 2.25. The van der Waals surface area contributed by atoms with Crippen LogP contribution in [0.15, 0.2) is 33.3 Å². The molecule has 2 rings (SSSR count). The molecule has 3 heteroatoms. The molecule has 0 unspecified atom stereocenters. The fraction of sp³-hybridized carbons (Fsp3) is 0.333. The van der Waals surface area contributed by atoms with Crippen molar-refractivity contribution in [3.63, 3.8) is 0 Å². The first-order valence-electron chi connectivity index (χ1n) is 3.89. The van der Waals surface area contributed by atoms with E-state index < -0.39 is 0 Å². The summed E-state index contributed by atoms with van der Waals surface area (Å²) >= 11 is 2.31. The van der Waals surface area contributed by atoms with Gasteiger partial charge in [0.15, 0.2) is 11.5 Å². The largest absolute Gasteiger partial charge is 0.486 e. The standard InChI is InChI=1S/C9H9IO2/c10-7-2-1-3-8-9(6-7)12-5-4-11-8/h1,3,6H,2,4-5H2. The molecule has 0 spiro atoms. The van der Waals surface area contributed by atoms with E-state index in [2.05, 4.69) is 28.7 Å². The monoisotopic (exact) mass is 276 g/mol. The normalized spacial score (nSPS) is 21.9. The Morgan fingerprint density at radius 3 is 2.75 bits per heavy atom. The van der Waals surface area contributed by atoms with E-state index in [0.29, 0.717) is 13.2 Å². The molecule has 0 saturated carbocycles. The van der Waals surface area contributed by atoms with E-state index in [1.165, 1.54) is 3.58 Å². The Morgan fingerprint density at radius 1 is 1.17 bits per heavy atom. The van der Waals surface area contributed by atoms with E-state index in [1.54, 1.807) is 0 Å². The number of hydrogen-bond acceptors (Lipinski definition) is 2. The van der Waals surface area contributed by atoms with Crippen LogP contribution in [-0.4, -0.2) is 13.2 Å². The van der Waals surface area contributed by atoms with Crippen molar-refractivity contribution in [3.05, 3.63) is 33.3 Å². The molecule has 2 nitrogen and oxygen atoms in total. The van der Waals surface area contributed by atoms with E-state index in [0.717, 1.165) is 17.9 Å². The maximum atomic E-state index is 5.45. The molecule has 1 aliphatic carbocycles. The zero-order chi connectivity index (χ0) is 8.39. The molecule has 0 amide bonds. The first-order chi connectivity index (χ1) is 5.86. The van der Waals surface area contributed by atoms with Crippen LogP contribution in [0.2, 0.25) is 0 Å². The van der Waals surface area contributed by atoms with Crippen LogP contribution < -0.4 is 0 Å². The van der Waals surface area contributed by atoms with E-state index in [-0.39, 0.29) is 0 Å². The quantitative estimate of drug-likeness (QED) is 0.633. The highest BCUT2D eigenvalue weighted by molar-refractivity contribution is 14.1.